The lowest BCUT2D eigenvalue weighted by atomic mass is 10.4. The molecule has 1 atom stereocenters. The minimum atomic E-state index is -0.473. The van der Waals surface area contributed by atoms with Gasteiger partial charge in [-0.25, -0.2) is 9.78 Å². The van der Waals surface area contributed by atoms with Crippen LogP contribution in [0.3, 0.4) is 0 Å². The highest BCUT2D eigenvalue weighted by molar-refractivity contribution is 8.14. The molecule has 114 valence electrons. The molecule has 2 heterocycles. The molecule has 6 nitrogen and oxygen atoms in total. The average Bonchev–Trinajstić information content (AvgIpc) is 2.92. The monoisotopic (exact) mass is 328 g/mol. The molecule has 1 aromatic rings. The normalized spacial score (nSPS) is 18.1. The van der Waals surface area contributed by atoms with Crippen molar-refractivity contribution in [3.63, 3.8) is 0 Å². The number of rotatable bonds is 4. The highest BCUT2D eigenvalue weighted by Crippen LogP contribution is 2.32. The van der Waals surface area contributed by atoms with E-state index >= 15 is 0 Å². The number of carbonyl (C=O) groups excluding carboxylic acids is 3. The molecule has 2 rings (SSSR count). The van der Waals surface area contributed by atoms with Gasteiger partial charge < -0.3 is 4.74 Å². The fraction of sp³-hybridized carbons (Fsp3) is 0.538. The molecule has 1 aromatic heterocycles. The smallest absolute Gasteiger partial charge is 0.358 e. The van der Waals surface area contributed by atoms with E-state index < -0.39 is 5.97 Å². The van der Waals surface area contributed by atoms with Gasteiger partial charge in [-0.2, -0.15) is 0 Å². The van der Waals surface area contributed by atoms with Crippen LogP contribution in [0.2, 0.25) is 0 Å². The second kappa shape index (κ2) is 6.57. The summed E-state index contributed by atoms with van der Waals surface area (Å²) >= 11 is 2.46. The van der Waals surface area contributed by atoms with Crippen LogP contribution in [-0.2, 0) is 14.3 Å². The highest BCUT2D eigenvalue weighted by atomic mass is 32.2. The topological polar surface area (TPSA) is 76.6 Å². The summed E-state index contributed by atoms with van der Waals surface area (Å²) in [5, 5.41) is 0.439. The third-order valence-corrected chi connectivity index (χ3v) is 4.88. The maximum Gasteiger partial charge on any atom is 0.358 e. The molecule has 0 aromatic carbocycles. The minimum absolute atomic E-state index is 0.00261. The number of thioether (sulfide) groups is 1. The van der Waals surface area contributed by atoms with E-state index in [1.54, 1.807) is 18.7 Å². The molecular formula is C13H16N2O4S2. The predicted octanol–water partition coefficient (Wildman–Crippen LogP) is 2.01. The first-order chi connectivity index (χ1) is 9.92. The molecule has 0 aliphatic carbocycles. The Morgan fingerprint density at radius 3 is 2.86 bits per heavy atom. The predicted molar refractivity (Wildman–Crippen MR) is 81.8 cm³/mol. The number of aryl methyl sites for hydroxylation is 1. The zero-order valence-corrected chi connectivity index (χ0v) is 13.7. The fourth-order valence-corrected chi connectivity index (χ4v) is 3.90. The summed E-state index contributed by atoms with van der Waals surface area (Å²) in [6.07, 6.45) is 0.317. The van der Waals surface area contributed by atoms with Gasteiger partial charge in [0.15, 0.2) is 15.9 Å². The number of ether oxygens (including phenoxy) is 1. The number of esters is 1. The summed E-state index contributed by atoms with van der Waals surface area (Å²) in [7, 11) is 0. The Kier molecular flexibility index (Phi) is 5.00. The van der Waals surface area contributed by atoms with Gasteiger partial charge >= 0.3 is 5.97 Å². The Labute approximate surface area is 130 Å². The lowest BCUT2D eigenvalue weighted by Gasteiger charge is -2.11. The van der Waals surface area contributed by atoms with Crippen LogP contribution >= 0.6 is 23.1 Å². The minimum Gasteiger partial charge on any atom is -0.461 e. The van der Waals surface area contributed by atoms with Crippen molar-refractivity contribution in [2.45, 2.75) is 32.4 Å². The van der Waals surface area contributed by atoms with Crippen LogP contribution in [0.5, 0.6) is 0 Å². The van der Waals surface area contributed by atoms with Gasteiger partial charge in [0.25, 0.3) is 0 Å². The molecule has 0 radical (unpaired) electrons. The van der Waals surface area contributed by atoms with E-state index in [4.69, 9.17) is 4.74 Å². The maximum atomic E-state index is 12.0. The first-order valence-corrected chi connectivity index (χ1v) is 8.24. The molecule has 0 N–H and O–H groups in total. The number of thiazole rings is 1. The van der Waals surface area contributed by atoms with E-state index in [-0.39, 0.29) is 28.6 Å². The third kappa shape index (κ3) is 3.62. The van der Waals surface area contributed by atoms with Gasteiger partial charge in [0.05, 0.1) is 6.61 Å². The second-order valence-corrected chi connectivity index (χ2v) is 7.22. The molecule has 21 heavy (non-hydrogen) atoms. The molecule has 1 aliphatic heterocycles. The molecule has 0 spiro atoms. The van der Waals surface area contributed by atoms with Gasteiger partial charge in [0.1, 0.15) is 0 Å². The highest BCUT2D eigenvalue weighted by Gasteiger charge is 2.34. The maximum absolute atomic E-state index is 12.0. The van der Waals surface area contributed by atoms with Gasteiger partial charge in [-0.1, -0.05) is 11.8 Å². The zero-order chi connectivity index (χ0) is 15.6. The van der Waals surface area contributed by atoms with Crippen molar-refractivity contribution in [3.8, 4) is 0 Å². The lowest BCUT2D eigenvalue weighted by molar-refractivity contribution is -0.117. The fourth-order valence-electron chi connectivity index (χ4n) is 2.06. The SMILES string of the molecule is CCOC(=O)c1nc(N2CC(SC(C)=O)CC2=O)sc1C. The molecule has 1 saturated heterocycles. The van der Waals surface area contributed by atoms with Gasteiger partial charge in [-0.3, -0.25) is 14.5 Å². The summed E-state index contributed by atoms with van der Waals surface area (Å²) in [4.78, 5) is 41.4. The van der Waals surface area contributed by atoms with Crippen molar-refractivity contribution in [2.24, 2.45) is 0 Å². The number of hydrogen-bond acceptors (Lipinski definition) is 7. The Morgan fingerprint density at radius 1 is 1.52 bits per heavy atom. The molecule has 1 aliphatic rings. The molecule has 0 bridgehead atoms. The summed E-state index contributed by atoms with van der Waals surface area (Å²) in [6.45, 7) is 5.72. The number of amides is 1. The quantitative estimate of drug-likeness (QED) is 0.787. The number of aromatic nitrogens is 1. The van der Waals surface area contributed by atoms with Crippen LogP contribution in [0.25, 0.3) is 0 Å². The van der Waals surface area contributed by atoms with E-state index in [0.29, 0.717) is 18.1 Å². The average molecular weight is 328 g/mol. The van der Waals surface area contributed by atoms with Gasteiger partial charge in [-0.05, 0) is 13.8 Å². The standard InChI is InChI=1S/C13H16N2O4S2/c1-4-19-12(18)11-7(2)20-13(14-11)15-6-9(5-10(15)17)21-8(3)16/h9H,4-6H2,1-3H3. The van der Waals surface area contributed by atoms with Crippen LogP contribution in [0.1, 0.15) is 35.6 Å². The second-order valence-electron chi connectivity index (χ2n) is 4.56. The molecule has 1 amide bonds. The van der Waals surface area contributed by atoms with Crippen LogP contribution in [0.15, 0.2) is 0 Å². The third-order valence-electron chi connectivity index (χ3n) is 2.91. The Hall–Kier alpha value is -1.41. The largest absolute Gasteiger partial charge is 0.461 e. The van der Waals surface area contributed by atoms with Crippen molar-refractivity contribution in [1.82, 2.24) is 4.98 Å². The van der Waals surface area contributed by atoms with E-state index in [9.17, 15) is 14.4 Å². The molecular weight excluding hydrogens is 312 g/mol. The van der Waals surface area contributed by atoms with Crippen molar-refractivity contribution < 1.29 is 19.1 Å². The Bertz CT molecular complexity index is 585. The summed E-state index contributed by atoms with van der Waals surface area (Å²) in [5.74, 6) is -0.545. The molecule has 8 heteroatoms. The van der Waals surface area contributed by atoms with E-state index in [1.165, 1.54) is 30.0 Å². The van der Waals surface area contributed by atoms with Crippen molar-refractivity contribution in [1.29, 1.82) is 0 Å². The van der Waals surface area contributed by atoms with Gasteiger partial charge in [-0.15, -0.1) is 11.3 Å². The van der Waals surface area contributed by atoms with Crippen LogP contribution in [0, 0.1) is 6.92 Å². The molecule has 1 unspecified atom stereocenters. The molecule has 0 saturated carbocycles. The van der Waals surface area contributed by atoms with E-state index in [0.717, 1.165) is 4.88 Å². The number of hydrogen-bond donors (Lipinski definition) is 0. The lowest BCUT2D eigenvalue weighted by Crippen LogP contribution is -2.25. The first-order valence-electron chi connectivity index (χ1n) is 6.54. The van der Waals surface area contributed by atoms with Crippen LogP contribution < -0.4 is 4.90 Å². The molecule has 1 fully saturated rings. The summed E-state index contributed by atoms with van der Waals surface area (Å²) < 4.78 is 4.94. The van der Waals surface area contributed by atoms with Crippen molar-refractivity contribution >= 4 is 45.2 Å². The van der Waals surface area contributed by atoms with E-state index in [1.807, 2.05) is 0 Å². The van der Waals surface area contributed by atoms with Gasteiger partial charge in [0.2, 0.25) is 5.91 Å². The van der Waals surface area contributed by atoms with Gasteiger partial charge in [0, 0.05) is 30.0 Å². The van der Waals surface area contributed by atoms with Crippen molar-refractivity contribution in [2.75, 3.05) is 18.1 Å². The summed E-state index contributed by atoms with van der Waals surface area (Å²) in [5.41, 5.74) is 0.257. The number of nitrogens with zero attached hydrogens (tertiary/aromatic N) is 2. The van der Waals surface area contributed by atoms with Crippen LogP contribution in [-0.4, -0.2) is 40.4 Å². The number of carbonyl (C=O) groups is 3. The van der Waals surface area contributed by atoms with Crippen LogP contribution in [0.4, 0.5) is 5.13 Å². The van der Waals surface area contributed by atoms with E-state index in [2.05, 4.69) is 4.98 Å². The first kappa shape index (κ1) is 16.0. The number of anilines is 1. The Morgan fingerprint density at radius 2 is 2.24 bits per heavy atom. The summed E-state index contributed by atoms with van der Waals surface area (Å²) in [6, 6.07) is 0. The zero-order valence-electron chi connectivity index (χ0n) is 12.0. The Balaban J connectivity index is 2.15. The van der Waals surface area contributed by atoms with Crippen molar-refractivity contribution in [3.05, 3.63) is 10.6 Å².